The SMILES string of the molecule is CC1CCN(C(N)=NCCC2CCCO2)CC1.I. The molecule has 2 rings (SSSR count). The van der Waals surface area contributed by atoms with Gasteiger partial charge in [0, 0.05) is 26.2 Å². The van der Waals surface area contributed by atoms with E-state index in [2.05, 4.69) is 16.8 Å². The number of guanidine groups is 1. The molecule has 2 saturated heterocycles. The summed E-state index contributed by atoms with van der Waals surface area (Å²) >= 11 is 0. The number of aliphatic imine (C=N–C) groups is 1. The number of nitrogens with two attached hydrogens (primary N) is 1. The van der Waals surface area contributed by atoms with Crippen molar-refractivity contribution in [1.29, 1.82) is 0 Å². The van der Waals surface area contributed by atoms with Crippen molar-refractivity contribution in [2.45, 2.75) is 45.1 Å². The van der Waals surface area contributed by atoms with E-state index < -0.39 is 0 Å². The maximum Gasteiger partial charge on any atom is 0.191 e. The molecule has 0 aromatic carbocycles. The molecule has 0 bridgehead atoms. The zero-order valence-electron chi connectivity index (χ0n) is 11.3. The minimum Gasteiger partial charge on any atom is -0.378 e. The van der Waals surface area contributed by atoms with Crippen molar-refractivity contribution in [3.63, 3.8) is 0 Å². The molecule has 106 valence electrons. The molecule has 4 nitrogen and oxygen atoms in total. The molecule has 0 aromatic rings. The highest BCUT2D eigenvalue weighted by atomic mass is 127. The van der Waals surface area contributed by atoms with Crippen LogP contribution in [0.25, 0.3) is 0 Å². The van der Waals surface area contributed by atoms with E-state index in [9.17, 15) is 0 Å². The fourth-order valence-electron chi connectivity index (χ4n) is 2.53. The van der Waals surface area contributed by atoms with Crippen LogP contribution in [0.1, 0.15) is 39.0 Å². The molecule has 1 unspecified atom stereocenters. The van der Waals surface area contributed by atoms with Crippen LogP contribution in [0.4, 0.5) is 0 Å². The molecule has 2 fully saturated rings. The number of likely N-dealkylation sites (tertiary alicyclic amines) is 1. The monoisotopic (exact) mass is 367 g/mol. The average Bonchev–Trinajstić information content (AvgIpc) is 2.83. The number of hydrogen-bond donors (Lipinski definition) is 1. The van der Waals surface area contributed by atoms with Crippen LogP contribution in [0.2, 0.25) is 0 Å². The molecule has 2 N–H and O–H groups in total. The van der Waals surface area contributed by atoms with Gasteiger partial charge in [0.15, 0.2) is 5.96 Å². The van der Waals surface area contributed by atoms with Crippen LogP contribution in [0.15, 0.2) is 4.99 Å². The second-order valence-electron chi connectivity index (χ2n) is 5.33. The van der Waals surface area contributed by atoms with Gasteiger partial charge in [-0.1, -0.05) is 6.92 Å². The summed E-state index contributed by atoms with van der Waals surface area (Å²) in [5.41, 5.74) is 6.01. The first kappa shape index (κ1) is 16.0. The first-order valence-electron chi connectivity index (χ1n) is 6.92. The van der Waals surface area contributed by atoms with Crippen molar-refractivity contribution in [3.05, 3.63) is 0 Å². The Morgan fingerprint density at radius 2 is 2.06 bits per heavy atom. The van der Waals surface area contributed by atoms with Crippen LogP contribution in [0.5, 0.6) is 0 Å². The fourth-order valence-corrected chi connectivity index (χ4v) is 2.53. The third-order valence-electron chi connectivity index (χ3n) is 3.86. The summed E-state index contributed by atoms with van der Waals surface area (Å²) in [5.74, 6) is 1.57. The summed E-state index contributed by atoms with van der Waals surface area (Å²) in [7, 11) is 0. The number of ether oxygens (including phenoxy) is 1. The van der Waals surface area contributed by atoms with E-state index in [4.69, 9.17) is 10.5 Å². The van der Waals surface area contributed by atoms with Crippen molar-refractivity contribution in [1.82, 2.24) is 4.90 Å². The summed E-state index contributed by atoms with van der Waals surface area (Å²) in [4.78, 5) is 6.69. The zero-order chi connectivity index (χ0) is 12.1. The van der Waals surface area contributed by atoms with Crippen molar-refractivity contribution in [2.75, 3.05) is 26.2 Å². The molecular weight excluding hydrogens is 341 g/mol. The van der Waals surface area contributed by atoms with Gasteiger partial charge in [-0.3, -0.25) is 4.99 Å². The lowest BCUT2D eigenvalue weighted by Crippen LogP contribution is -2.42. The lowest BCUT2D eigenvalue weighted by Gasteiger charge is -2.31. The number of halogens is 1. The summed E-state index contributed by atoms with van der Waals surface area (Å²) in [5, 5.41) is 0. The standard InChI is InChI=1S/C13H25N3O.HI/c1-11-5-8-16(9-6-11)13(14)15-7-4-12-3-2-10-17-12;/h11-12H,2-10H2,1H3,(H2,14,15);1H. The highest BCUT2D eigenvalue weighted by Gasteiger charge is 2.17. The molecule has 0 radical (unpaired) electrons. The van der Waals surface area contributed by atoms with E-state index >= 15 is 0 Å². The van der Waals surface area contributed by atoms with Crippen LogP contribution in [0.3, 0.4) is 0 Å². The van der Waals surface area contributed by atoms with Gasteiger partial charge in [0.1, 0.15) is 0 Å². The van der Waals surface area contributed by atoms with E-state index in [1.165, 1.54) is 25.7 Å². The maximum atomic E-state index is 6.01. The minimum atomic E-state index is 0. The molecule has 2 heterocycles. The average molecular weight is 367 g/mol. The van der Waals surface area contributed by atoms with Crippen LogP contribution >= 0.6 is 24.0 Å². The van der Waals surface area contributed by atoms with E-state index in [1.807, 2.05) is 0 Å². The molecule has 5 heteroatoms. The Kier molecular flexibility index (Phi) is 7.29. The molecule has 0 amide bonds. The molecule has 0 saturated carbocycles. The number of rotatable bonds is 3. The zero-order valence-corrected chi connectivity index (χ0v) is 13.6. The summed E-state index contributed by atoms with van der Waals surface area (Å²) in [6.07, 6.45) is 6.31. The van der Waals surface area contributed by atoms with E-state index in [1.54, 1.807) is 0 Å². The Morgan fingerprint density at radius 1 is 1.33 bits per heavy atom. The predicted molar refractivity (Wildman–Crippen MR) is 85.5 cm³/mol. The highest BCUT2D eigenvalue weighted by molar-refractivity contribution is 14.0. The van der Waals surface area contributed by atoms with E-state index in [0.29, 0.717) is 6.10 Å². The van der Waals surface area contributed by atoms with Crippen LogP contribution in [0, 0.1) is 5.92 Å². The molecule has 1 atom stereocenters. The predicted octanol–water partition coefficient (Wildman–Crippen LogP) is 2.22. The van der Waals surface area contributed by atoms with E-state index in [-0.39, 0.29) is 24.0 Å². The van der Waals surface area contributed by atoms with Gasteiger partial charge in [0.2, 0.25) is 0 Å². The molecule has 18 heavy (non-hydrogen) atoms. The van der Waals surface area contributed by atoms with Crippen LogP contribution in [-0.4, -0.2) is 43.2 Å². The Morgan fingerprint density at radius 3 is 2.67 bits per heavy atom. The summed E-state index contributed by atoms with van der Waals surface area (Å²) < 4.78 is 5.57. The van der Waals surface area contributed by atoms with Crippen molar-refractivity contribution in [2.24, 2.45) is 16.6 Å². The number of hydrogen-bond acceptors (Lipinski definition) is 2. The number of nitrogens with zero attached hydrogens (tertiary/aromatic N) is 2. The van der Waals surface area contributed by atoms with Gasteiger partial charge in [-0.25, -0.2) is 0 Å². The van der Waals surface area contributed by atoms with Gasteiger partial charge < -0.3 is 15.4 Å². The Balaban J connectivity index is 0.00000162. The molecule has 0 aromatic heterocycles. The van der Waals surface area contributed by atoms with Gasteiger partial charge in [-0.2, -0.15) is 0 Å². The maximum absolute atomic E-state index is 6.01. The quantitative estimate of drug-likeness (QED) is 0.473. The molecule has 0 aliphatic carbocycles. The van der Waals surface area contributed by atoms with Gasteiger partial charge in [0.25, 0.3) is 0 Å². The third kappa shape index (κ3) is 4.91. The van der Waals surface area contributed by atoms with Crippen molar-refractivity contribution in [3.8, 4) is 0 Å². The van der Waals surface area contributed by atoms with Gasteiger partial charge in [-0.05, 0) is 38.0 Å². The topological polar surface area (TPSA) is 50.8 Å². The first-order chi connectivity index (χ1) is 8.25. The normalized spacial score (nSPS) is 26.2. The summed E-state index contributed by atoms with van der Waals surface area (Å²) in [6.45, 7) is 6.17. The Labute approximate surface area is 127 Å². The lowest BCUT2D eigenvalue weighted by molar-refractivity contribution is 0.106. The smallest absolute Gasteiger partial charge is 0.191 e. The van der Waals surface area contributed by atoms with E-state index in [0.717, 1.165) is 44.5 Å². The second-order valence-corrected chi connectivity index (χ2v) is 5.33. The second kappa shape index (κ2) is 8.19. The highest BCUT2D eigenvalue weighted by Crippen LogP contribution is 2.16. The fraction of sp³-hybridized carbons (Fsp3) is 0.923. The first-order valence-corrected chi connectivity index (χ1v) is 6.92. The molecule has 2 aliphatic rings. The van der Waals surface area contributed by atoms with Gasteiger partial charge >= 0.3 is 0 Å². The minimum absolute atomic E-state index is 0. The molecule has 2 aliphatic heterocycles. The third-order valence-corrected chi connectivity index (χ3v) is 3.86. The van der Waals surface area contributed by atoms with Crippen molar-refractivity contribution < 1.29 is 4.74 Å². The largest absolute Gasteiger partial charge is 0.378 e. The summed E-state index contributed by atoms with van der Waals surface area (Å²) in [6, 6.07) is 0. The van der Waals surface area contributed by atoms with Crippen LogP contribution in [-0.2, 0) is 4.74 Å². The van der Waals surface area contributed by atoms with Gasteiger partial charge in [-0.15, -0.1) is 24.0 Å². The van der Waals surface area contributed by atoms with Crippen LogP contribution < -0.4 is 5.73 Å². The van der Waals surface area contributed by atoms with Crippen molar-refractivity contribution >= 4 is 29.9 Å². The Hall–Kier alpha value is -0.0400. The number of piperidine rings is 1. The van der Waals surface area contributed by atoms with Gasteiger partial charge in [0.05, 0.1) is 6.10 Å². The molecular formula is C13H26IN3O. The lowest BCUT2D eigenvalue weighted by atomic mass is 10.00. The molecule has 0 spiro atoms. The Bertz CT molecular complexity index is 259.